The molecule has 2 aromatic carbocycles. The van der Waals surface area contributed by atoms with Crippen LogP contribution in [0.1, 0.15) is 16.2 Å². The standard InChI is InChI=1S/C17H14NO3P/c19-12-15-11-14(18-21-15)13-22(20,16-7-3-1-4-8-16)17-9-5-2-6-10-17/h1-12H,13H2. The normalized spacial score (nSPS) is 11.3. The summed E-state index contributed by atoms with van der Waals surface area (Å²) in [6, 6.07) is 20.2. The second kappa shape index (κ2) is 6.12. The van der Waals surface area contributed by atoms with Gasteiger partial charge in [-0.3, -0.25) is 4.79 Å². The van der Waals surface area contributed by atoms with Gasteiger partial charge in [-0.05, 0) is 0 Å². The Labute approximate surface area is 128 Å². The molecule has 0 radical (unpaired) electrons. The van der Waals surface area contributed by atoms with Gasteiger partial charge in [-0.15, -0.1) is 0 Å². The molecule has 1 aromatic heterocycles. The molecular formula is C17H14NO3P. The molecule has 0 saturated heterocycles. The van der Waals surface area contributed by atoms with Gasteiger partial charge in [0.1, 0.15) is 7.14 Å². The van der Waals surface area contributed by atoms with Crippen molar-refractivity contribution in [3.05, 3.63) is 78.2 Å². The lowest BCUT2D eigenvalue weighted by Crippen LogP contribution is -2.17. The van der Waals surface area contributed by atoms with E-state index in [1.165, 1.54) is 6.07 Å². The number of aromatic nitrogens is 1. The highest BCUT2D eigenvalue weighted by atomic mass is 31.2. The molecule has 0 N–H and O–H groups in total. The molecule has 0 fully saturated rings. The molecule has 22 heavy (non-hydrogen) atoms. The SMILES string of the molecule is O=Cc1cc(CP(=O)(c2ccccc2)c2ccccc2)no1. The van der Waals surface area contributed by atoms with E-state index in [4.69, 9.17) is 4.52 Å². The summed E-state index contributed by atoms with van der Waals surface area (Å²) in [5, 5.41) is 5.37. The van der Waals surface area contributed by atoms with Crippen molar-refractivity contribution >= 4 is 24.0 Å². The topological polar surface area (TPSA) is 60.2 Å². The van der Waals surface area contributed by atoms with Crippen LogP contribution >= 0.6 is 7.14 Å². The minimum Gasteiger partial charge on any atom is -0.353 e. The Morgan fingerprint density at radius 3 is 1.95 bits per heavy atom. The molecule has 0 atom stereocenters. The number of hydrogen-bond acceptors (Lipinski definition) is 4. The second-order valence-corrected chi connectivity index (χ2v) is 7.74. The zero-order valence-corrected chi connectivity index (χ0v) is 12.6. The molecule has 0 aliphatic rings. The number of benzene rings is 2. The van der Waals surface area contributed by atoms with Crippen LogP contribution in [0.2, 0.25) is 0 Å². The van der Waals surface area contributed by atoms with Gasteiger partial charge in [-0.1, -0.05) is 65.8 Å². The lowest BCUT2D eigenvalue weighted by atomic mass is 10.4. The van der Waals surface area contributed by atoms with Gasteiger partial charge in [0.15, 0.2) is 12.0 Å². The predicted molar refractivity (Wildman–Crippen MR) is 85.4 cm³/mol. The molecule has 110 valence electrons. The van der Waals surface area contributed by atoms with Crippen molar-refractivity contribution in [2.24, 2.45) is 0 Å². The maximum Gasteiger partial charge on any atom is 0.199 e. The van der Waals surface area contributed by atoms with Crippen molar-refractivity contribution in [2.45, 2.75) is 6.16 Å². The molecule has 3 rings (SSSR count). The third kappa shape index (κ3) is 2.78. The van der Waals surface area contributed by atoms with Crippen LogP contribution in [0.25, 0.3) is 0 Å². The number of aldehydes is 1. The molecule has 0 aliphatic carbocycles. The van der Waals surface area contributed by atoms with E-state index in [1.54, 1.807) is 0 Å². The Morgan fingerprint density at radius 1 is 0.955 bits per heavy atom. The van der Waals surface area contributed by atoms with E-state index in [9.17, 15) is 9.36 Å². The molecular weight excluding hydrogens is 297 g/mol. The molecule has 1 heterocycles. The molecule has 0 aliphatic heterocycles. The zero-order valence-electron chi connectivity index (χ0n) is 11.8. The highest BCUT2D eigenvalue weighted by Gasteiger charge is 2.28. The summed E-state index contributed by atoms with van der Waals surface area (Å²) >= 11 is 0. The highest BCUT2D eigenvalue weighted by Crippen LogP contribution is 2.46. The molecule has 0 spiro atoms. The van der Waals surface area contributed by atoms with Crippen LogP contribution in [0.3, 0.4) is 0 Å². The maximum atomic E-state index is 13.7. The van der Waals surface area contributed by atoms with E-state index in [1.807, 2.05) is 60.7 Å². The van der Waals surface area contributed by atoms with Crippen LogP contribution in [0.4, 0.5) is 0 Å². The fourth-order valence-electron chi connectivity index (χ4n) is 2.36. The summed E-state index contributed by atoms with van der Waals surface area (Å²) < 4.78 is 18.6. The second-order valence-electron chi connectivity index (χ2n) is 4.91. The Balaban J connectivity index is 2.07. The third-order valence-electron chi connectivity index (χ3n) is 3.42. The van der Waals surface area contributed by atoms with Gasteiger partial charge in [0, 0.05) is 16.7 Å². The number of hydrogen-bond donors (Lipinski definition) is 0. The highest BCUT2D eigenvalue weighted by molar-refractivity contribution is 7.78. The maximum absolute atomic E-state index is 13.7. The quantitative estimate of drug-likeness (QED) is 0.537. The van der Waals surface area contributed by atoms with E-state index in [0.717, 1.165) is 10.6 Å². The van der Waals surface area contributed by atoms with Crippen LogP contribution in [0.5, 0.6) is 0 Å². The number of rotatable bonds is 5. The van der Waals surface area contributed by atoms with E-state index in [-0.39, 0.29) is 11.9 Å². The van der Waals surface area contributed by atoms with Crippen LogP contribution < -0.4 is 10.6 Å². The van der Waals surface area contributed by atoms with E-state index >= 15 is 0 Å². The van der Waals surface area contributed by atoms with Gasteiger partial charge >= 0.3 is 0 Å². The number of carbonyl (C=O) groups excluding carboxylic acids is 1. The van der Waals surface area contributed by atoms with Gasteiger partial charge in [0.05, 0.1) is 11.9 Å². The van der Waals surface area contributed by atoms with Gasteiger partial charge < -0.3 is 9.09 Å². The first-order valence-corrected chi connectivity index (χ1v) is 8.73. The first-order chi connectivity index (χ1) is 10.7. The Kier molecular flexibility index (Phi) is 4.03. The summed E-state index contributed by atoms with van der Waals surface area (Å²) in [4.78, 5) is 10.7. The minimum absolute atomic E-state index is 0.141. The smallest absolute Gasteiger partial charge is 0.199 e. The van der Waals surface area contributed by atoms with Crippen molar-refractivity contribution in [2.75, 3.05) is 0 Å². The van der Waals surface area contributed by atoms with Crippen LogP contribution in [-0.4, -0.2) is 11.4 Å². The minimum atomic E-state index is -2.88. The summed E-state index contributed by atoms with van der Waals surface area (Å²) in [5.74, 6) is 0.141. The molecule has 5 heteroatoms. The summed E-state index contributed by atoms with van der Waals surface area (Å²) in [5.41, 5.74) is 0.512. The van der Waals surface area contributed by atoms with Gasteiger partial charge in [-0.2, -0.15) is 0 Å². The van der Waals surface area contributed by atoms with Crippen molar-refractivity contribution in [3.63, 3.8) is 0 Å². The summed E-state index contributed by atoms with van der Waals surface area (Å²) in [6.45, 7) is 0. The fourth-order valence-corrected chi connectivity index (χ4v) is 4.93. The summed E-state index contributed by atoms with van der Waals surface area (Å²) in [6.07, 6.45) is 0.810. The van der Waals surface area contributed by atoms with Gasteiger partial charge in [-0.25, -0.2) is 0 Å². The van der Waals surface area contributed by atoms with Crippen molar-refractivity contribution in [1.82, 2.24) is 5.16 Å². The van der Waals surface area contributed by atoms with Crippen LogP contribution in [-0.2, 0) is 10.7 Å². The van der Waals surface area contributed by atoms with Crippen LogP contribution in [0.15, 0.2) is 71.3 Å². The van der Waals surface area contributed by atoms with E-state index in [2.05, 4.69) is 5.16 Å². The van der Waals surface area contributed by atoms with E-state index in [0.29, 0.717) is 12.0 Å². The molecule has 3 aromatic rings. The Bertz CT molecular complexity index is 769. The molecule has 4 nitrogen and oxygen atoms in total. The molecule has 0 amide bonds. The van der Waals surface area contributed by atoms with Crippen molar-refractivity contribution < 1.29 is 13.9 Å². The molecule has 0 bridgehead atoms. The monoisotopic (exact) mass is 311 g/mol. The van der Waals surface area contributed by atoms with E-state index < -0.39 is 7.14 Å². The average Bonchev–Trinajstić information content (AvgIpc) is 3.04. The van der Waals surface area contributed by atoms with Crippen LogP contribution in [0, 0.1) is 0 Å². The van der Waals surface area contributed by atoms with Crippen molar-refractivity contribution in [3.8, 4) is 0 Å². The third-order valence-corrected chi connectivity index (χ3v) is 6.46. The van der Waals surface area contributed by atoms with Crippen molar-refractivity contribution in [1.29, 1.82) is 0 Å². The number of carbonyl (C=O) groups is 1. The zero-order chi connectivity index (χ0) is 15.4. The largest absolute Gasteiger partial charge is 0.353 e. The predicted octanol–water partition coefficient (Wildman–Crippen LogP) is 3.00. The Morgan fingerprint density at radius 2 is 1.50 bits per heavy atom. The number of nitrogens with zero attached hydrogens (tertiary/aromatic N) is 1. The lowest BCUT2D eigenvalue weighted by Gasteiger charge is -2.18. The fraction of sp³-hybridized carbons (Fsp3) is 0.0588. The molecule has 0 saturated carbocycles. The first kappa shape index (κ1) is 14.5. The van der Waals surface area contributed by atoms with Gasteiger partial charge in [0.2, 0.25) is 0 Å². The first-order valence-electron chi connectivity index (χ1n) is 6.83. The van der Waals surface area contributed by atoms with Gasteiger partial charge in [0.25, 0.3) is 0 Å². The summed E-state index contributed by atoms with van der Waals surface area (Å²) in [7, 11) is -2.88. The average molecular weight is 311 g/mol. The molecule has 0 unspecified atom stereocenters. The lowest BCUT2D eigenvalue weighted by molar-refractivity contribution is 0.109. The Hall–Kier alpha value is -2.45.